The van der Waals surface area contributed by atoms with Gasteiger partial charge in [0.2, 0.25) is 5.91 Å². The normalized spacial score (nSPS) is 34.8. The molecule has 1 rings (SSSR count). The molecule has 1 saturated heterocycles. The number of aliphatic hydroxyl groups is 1. The van der Waals surface area contributed by atoms with E-state index in [1.165, 1.54) is 6.92 Å². The van der Waals surface area contributed by atoms with Crippen molar-refractivity contribution in [3.8, 4) is 0 Å². The second kappa shape index (κ2) is 6.15. The molecule has 1 fully saturated rings. The number of rotatable bonds is 4. The fourth-order valence-corrected chi connectivity index (χ4v) is 1.93. The quantitative estimate of drug-likeness (QED) is 0.669. The molecule has 0 saturated carbocycles. The van der Waals surface area contributed by atoms with Gasteiger partial charge >= 0.3 is 0 Å². The molecule has 0 radical (unpaired) electrons. The van der Waals surface area contributed by atoms with Crippen molar-refractivity contribution in [2.24, 2.45) is 0 Å². The van der Waals surface area contributed by atoms with E-state index in [9.17, 15) is 9.90 Å². The summed E-state index contributed by atoms with van der Waals surface area (Å²) in [4.78, 5) is 10.9. The van der Waals surface area contributed by atoms with Crippen LogP contribution in [0.1, 0.15) is 13.3 Å². The number of hydrogen-bond acceptors (Lipinski definition) is 5. The van der Waals surface area contributed by atoms with Crippen LogP contribution >= 0.6 is 0 Å². The fraction of sp³-hybridized carbons (Fsp3) is 0.900. The van der Waals surface area contributed by atoms with Crippen molar-refractivity contribution in [1.29, 1.82) is 0 Å². The molecule has 94 valence electrons. The lowest BCUT2D eigenvalue weighted by molar-refractivity contribution is -0.202. The van der Waals surface area contributed by atoms with Gasteiger partial charge in [-0.15, -0.1) is 0 Å². The molecule has 6 nitrogen and oxygen atoms in total. The molecule has 1 aliphatic rings. The zero-order valence-electron chi connectivity index (χ0n) is 9.80. The molecule has 0 aromatic rings. The standard InChI is InChI=1S/C10H19NO5/c1-6(13)11-9-4-7(14-2)10(15-3)8(5-12)16-9/h7-10,12H,4-5H2,1-3H3,(H,11,13)/t7-,8-,9-,10+/m1/s1. The Labute approximate surface area is 94.9 Å². The molecule has 1 amide bonds. The molecule has 6 heteroatoms. The van der Waals surface area contributed by atoms with Crippen LogP contribution in [0, 0.1) is 0 Å². The highest BCUT2D eigenvalue weighted by Crippen LogP contribution is 2.23. The Bertz CT molecular complexity index is 221. The third kappa shape index (κ3) is 3.15. The number of hydrogen-bond donors (Lipinski definition) is 2. The van der Waals surface area contributed by atoms with Crippen molar-refractivity contribution in [2.75, 3.05) is 20.8 Å². The van der Waals surface area contributed by atoms with E-state index in [1.807, 2.05) is 0 Å². The maximum Gasteiger partial charge on any atom is 0.218 e. The highest BCUT2D eigenvalue weighted by Gasteiger charge is 2.39. The maximum absolute atomic E-state index is 10.9. The van der Waals surface area contributed by atoms with Crippen LogP contribution in [0.15, 0.2) is 0 Å². The van der Waals surface area contributed by atoms with Gasteiger partial charge in [-0.2, -0.15) is 0 Å². The Morgan fingerprint density at radius 2 is 2.19 bits per heavy atom. The molecule has 1 heterocycles. The second-order valence-corrected chi connectivity index (χ2v) is 3.76. The Balaban J connectivity index is 2.65. The average molecular weight is 233 g/mol. The number of carbonyl (C=O) groups is 1. The predicted molar refractivity (Wildman–Crippen MR) is 55.8 cm³/mol. The van der Waals surface area contributed by atoms with Gasteiger partial charge in [0.05, 0.1) is 12.7 Å². The molecule has 4 atom stereocenters. The smallest absolute Gasteiger partial charge is 0.218 e. The Morgan fingerprint density at radius 1 is 1.50 bits per heavy atom. The molecular formula is C10H19NO5. The number of aliphatic hydroxyl groups excluding tert-OH is 1. The van der Waals surface area contributed by atoms with Gasteiger partial charge in [0, 0.05) is 27.6 Å². The topological polar surface area (TPSA) is 77.0 Å². The zero-order valence-corrected chi connectivity index (χ0v) is 9.80. The monoisotopic (exact) mass is 233 g/mol. The minimum atomic E-state index is -0.486. The summed E-state index contributed by atoms with van der Waals surface area (Å²) in [6, 6.07) is 0. The molecule has 0 bridgehead atoms. The summed E-state index contributed by atoms with van der Waals surface area (Å²) in [5, 5.41) is 11.8. The third-order valence-electron chi connectivity index (χ3n) is 2.64. The van der Waals surface area contributed by atoms with Crippen molar-refractivity contribution in [2.45, 2.75) is 37.9 Å². The molecule has 0 unspecified atom stereocenters. The third-order valence-corrected chi connectivity index (χ3v) is 2.64. The van der Waals surface area contributed by atoms with Gasteiger partial charge in [0.1, 0.15) is 18.4 Å². The van der Waals surface area contributed by atoms with Crippen LogP contribution in [0.5, 0.6) is 0 Å². The van der Waals surface area contributed by atoms with E-state index in [0.717, 1.165) is 0 Å². The van der Waals surface area contributed by atoms with E-state index < -0.39 is 12.3 Å². The highest BCUT2D eigenvalue weighted by molar-refractivity contribution is 5.73. The summed E-state index contributed by atoms with van der Waals surface area (Å²) in [6.07, 6.45) is -0.940. The number of methoxy groups -OCH3 is 2. The largest absolute Gasteiger partial charge is 0.394 e. The first kappa shape index (κ1) is 13.4. The van der Waals surface area contributed by atoms with E-state index in [2.05, 4.69) is 5.32 Å². The van der Waals surface area contributed by atoms with Gasteiger partial charge in [-0.1, -0.05) is 0 Å². The van der Waals surface area contributed by atoms with Crippen molar-refractivity contribution < 1.29 is 24.1 Å². The minimum absolute atomic E-state index is 0.172. The molecule has 16 heavy (non-hydrogen) atoms. The van der Waals surface area contributed by atoms with Crippen LogP contribution in [-0.4, -0.2) is 56.4 Å². The fourth-order valence-electron chi connectivity index (χ4n) is 1.93. The van der Waals surface area contributed by atoms with Crippen molar-refractivity contribution in [3.63, 3.8) is 0 Å². The van der Waals surface area contributed by atoms with E-state index in [-0.39, 0.29) is 24.7 Å². The lowest BCUT2D eigenvalue weighted by Crippen LogP contribution is -2.55. The molecule has 1 aliphatic heterocycles. The van der Waals surface area contributed by atoms with Crippen LogP contribution in [0.2, 0.25) is 0 Å². The SMILES string of the molecule is CO[C@H]1[C@H](OC)C[C@H](NC(C)=O)O[C@@H]1CO. The van der Waals surface area contributed by atoms with Crippen LogP contribution in [-0.2, 0) is 19.0 Å². The summed E-state index contributed by atoms with van der Waals surface area (Å²) in [6.45, 7) is 1.25. The highest BCUT2D eigenvalue weighted by atomic mass is 16.6. The molecule has 0 aliphatic carbocycles. The molecule has 2 N–H and O–H groups in total. The van der Waals surface area contributed by atoms with Crippen LogP contribution < -0.4 is 5.32 Å². The molecule has 0 spiro atoms. The first-order chi connectivity index (χ1) is 7.62. The zero-order chi connectivity index (χ0) is 12.1. The van der Waals surface area contributed by atoms with Crippen LogP contribution in [0.25, 0.3) is 0 Å². The predicted octanol–water partition coefficient (Wildman–Crippen LogP) is -0.740. The maximum atomic E-state index is 10.9. The van der Waals surface area contributed by atoms with Gasteiger partial charge < -0.3 is 24.6 Å². The van der Waals surface area contributed by atoms with E-state index in [1.54, 1.807) is 14.2 Å². The molecule has 0 aromatic carbocycles. The number of carbonyl (C=O) groups excluding carboxylic acids is 1. The molecule has 0 aromatic heterocycles. The average Bonchev–Trinajstić information content (AvgIpc) is 2.26. The number of nitrogens with one attached hydrogen (secondary N) is 1. The number of amides is 1. The van der Waals surface area contributed by atoms with Gasteiger partial charge in [0.25, 0.3) is 0 Å². The van der Waals surface area contributed by atoms with Crippen molar-refractivity contribution in [3.05, 3.63) is 0 Å². The Hall–Kier alpha value is -0.690. The van der Waals surface area contributed by atoms with E-state index >= 15 is 0 Å². The van der Waals surface area contributed by atoms with Gasteiger partial charge in [-0.05, 0) is 0 Å². The summed E-state index contributed by atoms with van der Waals surface area (Å²) in [7, 11) is 3.11. The lowest BCUT2D eigenvalue weighted by atomic mass is 10.0. The Kier molecular flexibility index (Phi) is 5.14. The van der Waals surface area contributed by atoms with Crippen LogP contribution in [0.4, 0.5) is 0 Å². The summed E-state index contributed by atoms with van der Waals surface area (Å²) >= 11 is 0. The Morgan fingerprint density at radius 3 is 2.62 bits per heavy atom. The summed E-state index contributed by atoms with van der Waals surface area (Å²) in [5.41, 5.74) is 0. The summed E-state index contributed by atoms with van der Waals surface area (Å²) < 4.78 is 16.0. The minimum Gasteiger partial charge on any atom is -0.394 e. The first-order valence-electron chi connectivity index (χ1n) is 5.21. The van der Waals surface area contributed by atoms with E-state index in [4.69, 9.17) is 14.2 Å². The second-order valence-electron chi connectivity index (χ2n) is 3.76. The van der Waals surface area contributed by atoms with Gasteiger partial charge in [0.15, 0.2) is 0 Å². The van der Waals surface area contributed by atoms with Gasteiger partial charge in [-0.3, -0.25) is 4.79 Å². The first-order valence-corrected chi connectivity index (χ1v) is 5.21. The van der Waals surface area contributed by atoms with E-state index in [0.29, 0.717) is 6.42 Å². The van der Waals surface area contributed by atoms with Crippen molar-refractivity contribution >= 4 is 5.91 Å². The molecular weight excluding hydrogens is 214 g/mol. The van der Waals surface area contributed by atoms with Crippen molar-refractivity contribution in [1.82, 2.24) is 5.32 Å². The lowest BCUT2D eigenvalue weighted by Gasteiger charge is -2.39. The van der Waals surface area contributed by atoms with Crippen LogP contribution in [0.3, 0.4) is 0 Å². The number of ether oxygens (including phenoxy) is 3. The summed E-state index contributed by atoms with van der Waals surface area (Å²) in [5.74, 6) is -0.174. The van der Waals surface area contributed by atoms with Gasteiger partial charge in [-0.25, -0.2) is 0 Å².